The van der Waals surface area contributed by atoms with E-state index < -0.39 is 6.17 Å². The van der Waals surface area contributed by atoms with Crippen molar-refractivity contribution >= 4 is 0 Å². The molecular weight excluding hydrogens is 305 g/mol. The number of piperidine rings is 1. The lowest BCUT2D eigenvalue weighted by Crippen LogP contribution is -2.66. The molecule has 1 aromatic rings. The van der Waals surface area contributed by atoms with Gasteiger partial charge in [0.1, 0.15) is 12.3 Å². The molecule has 3 unspecified atom stereocenters. The van der Waals surface area contributed by atoms with Gasteiger partial charge in [-0.2, -0.15) is 0 Å². The van der Waals surface area contributed by atoms with Gasteiger partial charge in [-0.1, -0.05) is 6.07 Å². The first-order chi connectivity index (χ1) is 11.7. The summed E-state index contributed by atoms with van der Waals surface area (Å²) in [6.45, 7) is 1.11. The molecule has 128 valence electrons. The van der Waals surface area contributed by atoms with Crippen LogP contribution in [0.2, 0.25) is 0 Å². The lowest BCUT2D eigenvalue weighted by Gasteiger charge is -2.59. The number of rotatable bonds is 2. The summed E-state index contributed by atoms with van der Waals surface area (Å²) in [7, 11) is 1.69. The van der Waals surface area contributed by atoms with Crippen molar-refractivity contribution in [2.75, 3.05) is 13.7 Å². The normalized spacial score (nSPS) is 42.4. The third-order valence-electron chi connectivity index (χ3n) is 7.51. The Morgan fingerprint density at radius 3 is 2.92 bits per heavy atom. The van der Waals surface area contributed by atoms with Gasteiger partial charge in [0, 0.05) is 23.1 Å². The Balaban J connectivity index is 1.58. The first-order valence-corrected chi connectivity index (χ1v) is 9.51. The second-order valence-electron chi connectivity index (χ2n) is 8.40. The lowest BCUT2D eigenvalue weighted by atomic mass is 9.51. The van der Waals surface area contributed by atoms with E-state index in [2.05, 4.69) is 11.0 Å². The van der Waals surface area contributed by atoms with Crippen molar-refractivity contribution in [1.82, 2.24) is 4.90 Å². The average molecular weight is 329 g/mol. The Labute approximate surface area is 142 Å². The van der Waals surface area contributed by atoms with Crippen LogP contribution in [0, 0.1) is 5.92 Å². The molecule has 4 heteroatoms. The van der Waals surface area contributed by atoms with E-state index in [0.29, 0.717) is 18.4 Å². The summed E-state index contributed by atoms with van der Waals surface area (Å²) in [4.78, 5) is 2.76. The quantitative estimate of drug-likeness (QED) is 0.831. The molecule has 0 amide bonds. The molecule has 3 aliphatic carbocycles. The maximum absolute atomic E-state index is 14.9. The second-order valence-corrected chi connectivity index (χ2v) is 8.40. The molecule has 3 fully saturated rings. The van der Waals surface area contributed by atoms with Crippen LogP contribution in [0.25, 0.3) is 0 Å². The molecular formula is C20H24FNO2. The SMILES string of the molecule is COc1ccc2c3c1O[C@@H]1C(F)CCC4[C@H](C2)N(C2CC2)CCC341. The highest BCUT2D eigenvalue weighted by Crippen LogP contribution is 2.64. The Bertz CT molecular complexity index is 718. The first kappa shape index (κ1) is 13.9. The number of benzene rings is 1. The molecule has 2 aliphatic heterocycles. The van der Waals surface area contributed by atoms with Gasteiger partial charge >= 0.3 is 0 Å². The molecule has 1 aromatic carbocycles. The molecule has 5 atom stereocenters. The number of alkyl halides is 1. The molecule has 1 spiro atoms. The third kappa shape index (κ3) is 1.48. The molecule has 5 aliphatic rings. The van der Waals surface area contributed by atoms with Crippen molar-refractivity contribution < 1.29 is 13.9 Å². The van der Waals surface area contributed by atoms with Crippen LogP contribution < -0.4 is 9.47 Å². The van der Waals surface area contributed by atoms with Gasteiger partial charge in [-0.05, 0) is 62.6 Å². The fourth-order valence-corrected chi connectivity index (χ4v) is 6.52. The summed E-state index contributed by atoms with van der Waals surface area (Å²) >= 11 is 0. The van der Waals surface area contributed by atoms with E-state index in [1.807, 2.05) is 6.07 Å². The van der Waals surface area contributed by atoms with Gasteiger partial charge in [0.05, 0.1) is 7.11 Å². The van der Waals surface area contributed by atoms with E-state index in [0.717, 1.165) is 43.3 Å². The van der Waals surface area contributed by atoms with Crippen LogP contribution in [0.3, 0.4) is 0 Å². The number of hydrogen-bond donors (Lipinski definition) is 0. The van der Waals surface area contributed by atoms with E-state index in [1.54, 1.807) is 7.11 Å². The highest BCUT2D eigenvalue weighted by atomic mass is 19.1. The predicted molar refractivity (Wildman–Crippen MR) is 88.5 cm³/mol. The van der Waals surface area contributed by atoms with E-state index >= 15 is 0 Å². The van der Waals surface area contributed by atoms with Crippen LogP contribution in [0.5, 0.6) is 11.5 Å². The maximum atomic E-state index is 14.9. The second kappa shape index (κ2) is 4.46. The van der Waals surface area contributed by atoms with E-state index in [-0.39, 0.29) is 11.5 Å². The standard InChI is InChI=1S/C20H24FNO2/c1-23-16-7-2-11-10-15-13-5-6-14(21)19-20(13,17(11)18(16)24-19)8-9-22(15)12-3-4-12/h2,7,12-15,19H,3-6,8-10H2,1H3/t13?,14?,15-,19+,20?/m0/s1. The maximum Gasteiger partial charge on any atom is 0.165 e. The highest BCUT2D eigenvalue weighted by molar-refractivity contribution is 5.61. The van der Waals surface area contributed by atoms with Crippen LogP contribution in [0.4, 0.5) is 4.39 Å². The van der Waals surface area contributed by atoms with Crippen LogP contribution in [0.1, 0.15) is 43.2 Å². The summed E-state index contributed by atoms with van der Waals surface area (Å²) in [5, 5.41) is 0. The molecule has 2 saturated carbocycles. The van der Waals surface area contributed by atoms with Crippen LogP contribution >= 0.6 is 0 Å². The average Bonchev–Trinajstić information content (AvgIpc) is 3.36. The monoisotopic (exact) mass is 329 g/mol. The Kier molecular flexibility index (Phi) is 2.59. The van der Waals surface area contributed by atoms with E-state index in [9.17, 15) is 4.39 Å². The van der Waals surface area contributed by atoms with Gasteiger partial charge < -0.3 is 9.47 Å². The molecule has 6 rings (SSSR count). The Hall–Kier alpha value is -1.29. The summed E-state index contributed by atoms with van der Waals surface area (Å²) in [5.41, 5.74) is 2.59. The number of ether oxygens (including phenoxy) is 2. The summed E-state index contributed by atoms with van der Waals surface area (Å²) < 4.78 is 26.8. The molecule has 0 N–H and O–H groups in total. The molecule has 2 heterocycles. The zero-order chi connectivity index (χ0) is 16.1. The molecule has 1 saturated heterocycles. The number of halogens is 1. The van der Waals surface area contributed by atoms with Crippen molar-refractivity contribution in [3.63, 3.8) is 0 Å². The first-order valence-electron chi connectivity index (χ1n) is 9.51. The minimum atomic E-state index is -0.850. The van der Waals surface area contributed by atoms with Crippen LogP contribution in [0.15, 0.2) is 12.1 Å². The lowest BCUT2D eigenvalue weighted by molar-refractivity contribution is -0.0846. The fraction of sp³-hybridized carbons (Fsp3) is 0.700. The molecule has 0 radical (unpaired) electrons. The minimum Gasteiger partial charge on any atom is -0.493 e. The van der Waals surface area contributed by atoms with Gasteiger partial charge in [0.2, 0.25) is 0 Å². The van der Waals surface area contributed by atoms with Gasteiger partial charge in [-0.15, -0.1) is 0 Å². The number of likely N-dealkylation sites (tertiary alicyclic amines) is 1. The Morgan fingerprint density at radius 1 is 1.25 bits per heavy atom. The smallest absolute Gasteiger partial charge is 0.165 e. The molecule has 0 aromatic heterocycles. The zero-order valence-electron chi connectivity index (χ0n) is 14.1. The van der Waals surface area contributed by atoms with Crippen molar-refractivity contribution in [2.45, 2.75) is 68.3 Å². The van der Waals surface area contributed by atoms with Crippen molar-refractivity contribution in [3.8, 4) is 11.5 Å². The highest BCUT2D eigenvalue weighted by Gasteiger charge is 2.66. The number of hydrogen-bond acceptors (Lipinski definition) is 3. The van der Waals surface area contributed by atoms with Gasteiger partial charge in [-0.25, -0.2) is 4.39 Å². The van der Waals surface area contributed by atoms with Crippen molar-refractivity contribution in [2.24, 2.45) is 5.92 Å². The number of nitrogens with zero attached hydrogens (tertiary/aromatic N) is 1. The van der Waals surface area contributed by atoms with Crippen LogP contribution in [-0.2, 0) is 11.8 Å². The molecule has 24 heavy (non-hydrogen) atoms. The minimum absolute atomic E-state index is 0.106. The summed E-state index contributed by atoms with van der Waals surface area (Å²) in [5.74, 6) is 2.18. The largest absolute Gasteiger partial charge is 0.493 e. The van der Waals surface area contributed by atoms with Crippen molar-refractivity contribution in [1.29, 1.82) is 0 Å². The summed E-state index contributed by atoms with van der Waals surface area (Å²) in [6, 6.07) is 5.60. The van der Waals surface area contributed by atoms with Crippen molar-refractivity contribution in [3.05, 3.63) is 23.3 Å². The van der Waals surface area contributed by atoms with Gasteiger partial charge in [-0.3, -0.25) is 4.90 Å². The molecule has 3 nitrogen and oxygen atoms in total. The van der Waals surface area contributed by atoms with Gasteiger partial charge in [0.25, 0.3) is 0 Å². The summed E-state index contributed by atoms with van der Waals surface area (Å²) in [6.07, 6.45) is 5.35. The predicted octanol–water partition coefficient (Wildman–Crippen LogP) is 3.23. The Morgan fingerprint density at radius 2 is 2.12 bits per heavy atom. The van der Waals surface area contributed by atoms with Crippen LogP contribution in [-0.4, -0.2) is 42.9 Å². The molecule has 2 bridgehead atoms. The van der Waals surface area contributed by atoms with Gasteiger partial charge in [0.15, 0.2) is 11.5 Å². The third-order valence-corrected chi connectivity index (χ3v) is 7.51. The van der Waals surface area contributed by atoms with E-state index in [4.69, 9.17) is 9.47 Å². The fourth-order valence-electron chi connectivity index (χ4n) is 6.52. The number of methoxy groups -OCH3 is 1. The van der Waals surface area contributed by atoms with E-state index in [1.165, 1.54) is 24.0 Å². The zero-order valence-corrected chi connectivity index (χ0v) is 14.1. The topological polar surface area (TPSA) is 21.7 Å².